The zero-order valence-corrected chi connectivity index (χ0v) is 16.4. The van der Waals surface area contributed by atoms with Gasteiger partial charge in [-0.3, -0.25) is 9.88 Å². The fourth-order valence-corrected chi connectivity index (χ4v) is 3.15. The summed E-state index contributed by atoms with van der Waals surface area (Å²) in [7, 11) is 0. The molecule has 0 aliphatic carbocycles. The number of hydrogen-bond acceptors (Lipinski definition) is 7. The Labute approximate surface area is 159 Å². The highest BCUT2D eigenvalue weighted by molar-refractivity contribution is 5.84. The first kappa shape index (κ1) is 19.0. The number of nitrogens with one attached hydrogen (secondary N) is 3. The van der Waals surface area contributed by atoms with Gasteiger partial charge in [-0.25, -0.2) is 9.97 Å². The lowest BCUT2D eigenvalue weighted by Crippen LogP contribution is -2.40. The average molecular weight is 368 g/mol. The Morgan fingerprint density at radius 2 is 1.93 bits per heavy atom. The second-order valence-corrected chi connectivity index (χ2v) is 7.07. The van der Waals surface area contributed by atoms with Crippen LogP contribution in [0, 0.1) is 0 Å². The number of H-pyrrole nitrogens is 1. The van der Waals surface area contributed by atoms with Crippen molar-refractivity contribution >= 4 is 22.9 Å². The first-order chi connectivity index (χ1) is 13.0. The lowest BCUT2D eigenvalue weighted by molar-refractivity contribution is 0.182. The highest BCUT2D eigenvalue weighted by Crippen LogP contribution is 2.19. The van der Waals surface area contributed by atoms with Crippen LogP contribution in [0.15, 0.2) is 30.9 Å². The summed E-state index contributed by atoms with van der Waals surface area (Å²) in [5, 5.41) is 6.68. The average Bonchev–Trinajstić information content (AvgIpc) is 3.07. The summed E-state index contributed by atoms with van der Waals surface area (Å²) in [6.45, 7) is 11.3. The third-order valence-corrected chi connectivity index (χ3v) is 4.46. The molecular formula is C19H28N8. The van der Waals surface area contributed by atoms with Gasteiger partial charge in [-0.05, 0) is 39.3 Å². The van der Waals surface area contributed by atoms with Crippen LogP contribution in [0.5, 0.6) is 0 Å². The number of aromatic amines is 1. The zero-order valence-electron chi connectivity index (χ0n) is 16.4. The molecule has 8 heteroatoms. The van der Waals surface area contributed by atoms with Crippen LogP contribution in [0.4, 0.5) is 11.8 Å². The van der Waals surface area contributed by atoms with Crippen molar-refractivity contribution in [1.82, 2.24) is 29.8 Å². The van der Waals surface area contributed by atoms with Gasteiger partial charge in [-0.1, -0.05) is 6.07 Å². The third kappa shape index (κ3) is 4.91. The monoisotopic (exact) mass is 368 g/mol. The van der Waals surface area contributed by atoms with Gasteiger partial charge in [0, 0.05) is 44.1 Å². The molecule has 27 heavy (non-hydrogen) atoms. The van der Waals surface area contributed by atoms with Crippen molar-refractivity contribution in [2.24, 2.45) is 0 Å². The maximum atomic E-state index is 4.50. The number of pyridine rings is 1. The predicted molar refractivity (Wildman–Crippen MR) is 109 cm³/mol. The summed E-state index contributed by atoms with van der Waals surface area (Å²) in [6, 6.07) is 4.95. The van der Waals surface area contributed by atoms with Gasteiger partial charge in [0.05, 0.1) is 0 Å². The topological polar surface area (TPSA) is 94.7 Å². The predicted octanol–water partition coefficient (Wildman–Crippen LogP) is 2.89. The van der Waals surface area contributed by atoms with Gasteiger partial charge in [0.2, 0.25) is 5.95 Å². The Hall–Kier alpha value is -2.74. The van der Waals surface area contributed by atoms with Crippen molar-refractivity contribution in [2.45, 2.75) is 46.3 Å². The summed E-state index contributed by atoms with van der Waals surface area (Å²) in [5.74, 6) is 1.44. The van der Waals surface area contributed by atoms with E-state index >= 15 is 0 Å². The molecule has 0 spiro atoms. The Morgan fingerprint density at radius 3 is 2.63 bits per heavy atom. The summed E-state index contributed by atoms with van der Waals surface area (Å²) in [6.07, 6.45) is 5.13. The van der Waals surface area contributed by atoms with E-state index in [0.29, 0.717) is 30.2 Å². The SMILES string of the molecule is CC(C)N(CCNc1ncnc2nc(NCc3cccnc3)[nH]c12)C(C)C. The minimum absolute atomic E-state index is 0.507. The smallest absolute Gasteiger partial charge is 0.203 e. The standard InChI is InChI=1S/C19H28N8/c1-13(2)27(14(3)4)9-8-21-17-16-18(24-12-23-17)26-19(25-16)22-11-15-6-5-7-20-10-15/h5-7,10,12-14H,8-9,11H2,1-4H3,(H3,21,22,23,24,25,26). The summed E-state index contributed by atoms with van der Waals surface area (Å²) < 4.78 is 0. The van der Waals surface area contributed by atoms with Crippen LogP contribution in [-0.4, -0.2) is 55.0 Å². The molecule has 0 aliphatic heterocycles. The number of rotatable bonds is 9. The molecule has 3 aromatic rings. The zero-order chi connectivity index (χ0) is 19.2. The van der Waals surface area contributed by atoms with Crippen LogP contribution in [0.25, 0.3) is 11.2 Å². The molecule has 0 aromatic carbocycles. The molecule has 0 bridgehead atoms. The molecule has 3 aromatic heterocycles. The maximum absolute atomic E-state index is 4.50. The lowest BCUT2D eigenvalue weighted by Gasteiger charge is -2.30. The summed E-state index contributed by atoms with van der Waals surface area (Å²) >= 11 is 0. The maximum Gasteiger partial charge on any atom is 0.203 e. The van der Waals surface area contributed by atoms with E-state index < -0.39 is 0 Å². The molecule has 0 aliphatic rings. The van der Waals surface area contributed by atoms with Crippen LogP contribution >= 0.6 is 0 Å². The fourth-order valence-electron chi connectivity index (χ4n) is 3.15. The van der Waals surface area contributed by atoms with Gasteiger partial charge in [0.15, 0.2) is 11.5 Å². The second kappa shape index (κ2) is 8.77. The second-order valence-electron chi connectivity index (χ2n) is 7.07. The molecule has 144 valence electrons. The van der Waals surface area contributed by atoms with Gasteiger partial charge in [-0.2, -0.15) is 4.98 Å². The minimum Gasteiger partial charge on any atom is -0.367 e. The molecule has 0 unspecified atom stereocenters. The van der Waals surface area contributed by atoms with Gasteiger partial charge in [0.25, 0.3) is 0 Å². The van der Waals surface area contributed by atoms with Crippen molar-refractivity contribution in [1.29, 1.82) is 0 Å². The number of anilines is 2. The normalized spacial score (nSPS) is 11.7. The fraction of sp³-hybridized carbons (Fsp3) is 0.474. The van der Waals surface area contributed by atoms with E-state index in [9.17, 15) is 0 Å². The highest BCUT2D eigenvalue weighted by atomic mass is 15.2. The van der Waals surface area contributed by atoms with E-state index in [4.69, 9.17) is 0 Å². The number of fused-ring (bicyclic) bond motifs is 1. The molecule has 0 saturated heterocycles. The van der Waals surface area contributed by atoms with Crippen molar-refractivity contribution in [2.75, 3.05) is 23.7 Å². The van der Waals surface area contributed by atoms with Gasteiger partial charge < -0.3 is 15.6 Å². The molecule has 0 radical (unpaired) electrons. The summed E-state index contributed by atoms with van der Waals surface area (Å²) in [4.78, 5) is 23.0. The van der Waals surface area contributed by atoms with Crippen LogP contribution in [0.2, 0.25) is 0 Å². The third-order valence-electron chi connectivity index (χ3n) is 4.46. The quantitative estimate of drug-likeness (QED) is 0.534. The molecule has 8 nitrogen and oxygen atoms in total. The lowest BCUT2D eigenvalue weighted by atomic mass is 10.2. The molecule has 3 rings (SSSR count). The Morgan fingerprint density at radius 1 is 1.11 bits per heavy atom. The Balaban J connectivity index is 1.65. The first-order valence-corrected chi connectivity index (χ1v) is 9.37. The minimum atomic E-state index is 0.507. The van der Waals surface area contributed by atoms with Crippen LogP contribution in [0.3, 0.4) is 0 Å². The summed E-state index contributed by atoms with van der Waals surface area (Å²) in [5.41, 5.74) is 2.54. The van der Waals surface area contributed by atoms with Crippen molar-refractivity contribution in [3.05, 3.63) is 36.4 Å². The van der Waals surface area contributed by atoms with Gasteiger partial charge in [-0.15, -0.1) is 0 Å². The van der Waals surface area contributed by atoms with Crippen LogP contribution in [0.1, 0.15) is 33.3 Å². The number of nitrogens with zero attached hydrogens (tertiary/aromatic N) is 5. The van der Waals surface area contributed by atoms with Crippen LogP contribution < -0.4 is 10.6 Å². The van der Waals surface area contributed by atoms with E-state index in [1.165, 1.54) is 0 Å². The molecule has 3 heterocycles. The number of aromatic nitrogens is 5. The highest BCUT2D eigenvalue weighted by Gasteiger charge is 2.14. The van der Waals surface area contributed by atoms with Crippen molar-refractivity contribution < 1.29 is 0 Å². The van der Waals surface area contributed by atoms with E-state index in [1.54, 1.807) is 12.5 Å². The van der Waals surface area contributed by atoms with Crippen molar-refractivity contribution in [3.8, 4) is 0 Å². The van der Waals surface area contributed by atoms with E-state index in [1.807, 2.05) is 18.3 Å². The van der Waals surface area contributed by atoms with Gasteiger partial charge >= 0.3 is 0 Å². The van der Waals surface area contributed by atoms with E-state index in [-0.39, 0.29) is 0 Å². The van der Waals surface area contributed by atoms with Crippen molar-refractivity contribution in [3.63, 3.8) is 0 Å². The van der Waals surface area contributed by atoms with Gasteiger partial charge in [0.1, 0.15) is 11.8 Å². The Kier molecular flexibility index (Phi) is 6.18. The van der Waals surface area contributed by atoms with Crippen LogP contribution in [-0.2, 0) is 6.54 Å². The largest absolute Gasteiger partial charge is 0.367 e. The first-order valence-electron chi connectivity index (χ1n) is 9.37. The number of imidazole rings is 1. The number of hydrogen-bond donors (Lipinski definition) is 3. The molecular weight excluding hydrogens is 340 g/mol. The van der Waals surface area contributed by atoms with E-state index in [2.05, 4.69) is 68.1 Å². The van der Waals surface area contributed by atoms with E-state index in [0.717, 1.165) is 30.0 Å². The molecule has 0 saturated carbocycles. The molecule has 0 amide bonds. The molecule has 3 N–H and O–H groups in total. The Bertz CT molecular complexity index is 835. The molecule has 0 fully saturated rings. The molecule has 0 atom stereocenters.